The maximum absolute atomic E-state index is 12.6. The van der Waals surface area contributed by atoms with Crippen molar-refractivity contribution in [1.29, 1.82) is 0 Å². The summed E-state index contributed by atoms with van der Waals surface area (Å²) in [4.78, 5) is 1.01. The predicted octanol–water partition coefficient (Wildman–Crippen LogP) is 2.24. The molecule has 0 amide bonds. The standard InChI is InChI=1S/C13H18N2O3S2/c1-9-8-19-12(6-14)13(9)20(16,17)15(3)7-11-5-4-10(2)18-11/h4-5,8H,6-7,14H2,1-3H3. The third-order valence-electron chi connectivity index (χ3n) is 3.02. The highest BCUT2D eigenvalue weighted by Crippen LogP contribution is 2.29. The van der Waals surface area contributed by atoms with Crippen LogP contribution in [0.3, 0.4) is 0 Å². The van der Waals surface area contributed by atoms with Gasteiger partial charge in [0, 0.05) is 18.5 Å². The van der Waals surface area contributed by atoms with Gasteiger partial charge in [0.15, 0.2) is 0 Å². The molecule has 2 aromatic rings. The normalized spacial score (nSPS) is 12.2. The first-order chi connectivity index (χ1) is 9.36. The van der Waals surface area contributed by atoms with Crippen molar-refractivity contribution < 1.29 is 12.8 Å². The molecule has 0 aromatic carbocycles. The molecule has 2 heterocycles. The summed E-state index contributed by atoms with van der Waals surface area (Å²) < 4.78 is 32.0. The first kappa shape index (κ1) is 15.2. The van der Waals surface area contributed by atoms with Crippen LogP contribution < -0.4 is 5.73 Å². The molecule has 0 aliphatic carbocycles. The van der Waals surface area contributed by atoms with Crippen LogP contribution in [0, 0.1) is 13.8 Å². The molecule has 0 atom stereocenters. The molecular weight excluding hydrogens is 296 g/mol. The van der Waals surface area contributed by atoms with E-state index in [1.54, 1.807) is 20.0 Å². The molecule has 2 rings (SSSR count). The van der Waals surface area contributed by atoms with E-state index in [0.717, 1.165) is 11.3 Å². The topological polar surface area (TPSA) is 76.5 Å². The lowest BCUT2D eigenvalue weighted by Crippen LogP contribution is -2.27. The van der Waals surface area contributed by atoms with Crippen LogP contribution in [0.2, 0.25) is 0 Å². The van der Waals surface area contributed by atoms with Gasteiger partial charge < -0.3 is 10.2 Å². The van der Waals surface area contributed by atoms with Gasteiger partial charge in [0.1, 0.15) is 16.4 Å². The average Bonchev–Trinajstić information content (AvgIpc) is 2.95. The fourth-order valence-corrected chi connectivity index (χ4v) is 4.79. The SMILES string of the molecule is Cc1ccc(CN(C)S(=O)(=O)c2c(C)csc2CN)o1. The molecule has 0 spiro atoms. The number of furan rings is 1. The molecule has 0 aliphatic heterocycles. The largest absolute Gasteiger partial charge is 0.465 e. The number of hydrogen-bond donors (Lipinski definition) is 1. The molecule has 2 N–H and O–H groups in total. The first-order valence-corrected chi connectivity index (χ1v) is 8.47. The summed E-state index contributed by atoms with van der Waals surface area (Å²) in [5.74, 6) is 1.39. The van der Waals surface area contributed by atoms with Gasteiger partial charge in [-0.25, -0.2) is 8.42 Å². The summed E-state index contributed by atoms with van der Waals surface area (Å²) in [5, 5.41) is 1.82. The molecular formula is C13H18N2O3S2. The van der Waals surface area contributed by atoms with Crippen molar-refractivity contribution in [1.82, 2.24) is 4.31 Å². The Labute approximate surface area is 123 Å². The van der Waals surface area contributed by atoms with Crippen molar-refractivity contribution in [3.8, 4) is 0 Å². The molecule has 0 saturated carbocycles. The summed E-state index contributed by atoms with van der Waals surface area (Å²) in [6, 6.07) is 3.60. The van der Waals surface area contributed by atoms with E-state index in [0.29, 0.717) is 15.5 Å². The molecule has 110 valence electrons. The van der Waals surface area contributed by atoms with Crippen molar-refractivity contribution in [2.45, 2.75) is 31.8 Å². The Balaban J connectivity index is 2.32. The van der Waals surface area contributed by atoms with Gasteiger partial charge in [-0.2, -0.15) is 4.31 Å². The van der Waals surface area contributed by atoms with E-state index in [2.05, 4.69) is 0 Å². The molecule has 0 radical (unpaired) electrons. The number of sulfonamides is 1. The highest BCUT2D eigenvalue weighted by atomic mass is 32.2. The van der Waals surface area contributed by atoms with Crippen LogP contribution in [-0.4, -0.2) is 19.8 Å². The van der Waals surface area contributed by atoms with E-state index in [1.807, 2.05) is 18.4 Å². The molecule has 0 aliphatic rings. The Kier molecular flexibility index (Phi) is 4.33. The fourth-order valence-electron chi connectivity index (χ4n) is 2.00. The number of nitrogens with zero attached hydrogens (tertiary/aromatic N) is 1. The maximum atomic E-state index is 12.6. The Morgan fingerprint density at radius 2 is 2.05 bits per heavy atom. The molecule has 0 saturated heterocycles. The van der Waals surface area contributed by atoms with E-state index in [-0.39, 0.29) is 13.1 Å². The van der Waals surface area contributed by atoms with Crippen molar-refractivity contribution in [2.24, 2.45) is 5.73 Å². The first-order valence-electron chi connectivity index (χ1n) is 6.15. The lowest BCUT2D eigenvalue weighted by Gasteiger charge is -2.17. The van der Waals surface area contributed by atoms with Gasteiger partial charge in [0.2, 0.25) is 10.0 Å². The fraction of sp³-hybridized carbons (Fsp3) is 0.385. The number of hydrogen-bond acceptors (Lipinski definition) is 5. The minimum atomic E-state index is -3.55. The van der Waals surface area contributed by atoms with Crippen LogP contribution in [-0.2, 0) is 23.1 Å². The van der Waals surface area contributed by atoms with Gasteiger partial charge in [-0.1, -0.05) is 0 Å². The maximum Gasteiger partial charge on any atom is 0.244 e. The van der Waals surface area contributed by atoms with Gasteiger partial charge in [0.05, 0.1) is 6.54 Å². The number of aryl methyl sites for hydroxylation is 2. The van der Waals surface area contributed by atoms with E-state index < -0.39 is 10.0 Å². The van der Waals surface area contributed by atoms with Crippen molar-refractivity contribution in [3.05, 3.63) is 39.5 Å². The summed E-state index contributed by atoms with van der Waals surface area (Å²) in [7, 11) is -2.01. The van der Waals surface area contributed by atoms with E-state index >= 15 is 0 Å². The monoisotopic (exact) mass is 314 g/mol. The van der Waals surface area contributed by atoms with Crippen LogP contribution in [0.4, 0.5) is 0 Å². The Morgan fingerprint density at radius 1 is 1.35 bits per heavy atom. The quantitative estimate of drug-likeness (QED) is 0.918. The van der Waals surface area contributed by atoms with Crippen LogP contribution >= 0.6 is 11.3 Å². The predicted molar refractivity (Wildman–Crippen MR) is 79.0 cm³/mol. The summed E-state index contributed by atoms with van der Waals surface area (Å²) in [6.07, 6.45) is 0. The lowest BCUT2D eigenvalue weighted by atomic mass is 10.3. The second-order valence-corrected chi connectivity index (χ2v) is 7.59. The summed E-state index contributed by atoms with van der Waals surface area (Å²) in [5.41, 5.74) is 6.36. The van der Waals surface area contributed by atoms with Crippen LogP contribution in [0.15, 0.2) is 26.8 Å². The molecule has 0 fully saturated rings. The summed E-state index contributed by atoms with van der Waals surface area (Å²) in [6.45, 7) is 4.04. The van der Waals surface area contributed by atoms with Crippen LogP contribution in [0.25, 0.3) is 0 Å². The Hall–Kier alpha value is -1.15. The zero-order valence-corrected chi connectivity index (χ0v) is 13.3. The molecule has 5 nitrogen and oxygen atoms in total. The number of nitrogens with two attached hydrogens (primary N) is 1. The van der Waals surface area contributed by atoms with Gasteiger partial charge in [-0.3, -0.25) is 0 Å². The molecule has 7 heteroatoms. The third kappa shape index (κ3) is 2.80. The van der Waals surface area contributed by atoms with E-state index in [1.165, 1.54) is 15.6 Å². The van der Waals surface area contributed by atoms with Gasteiger partial charge in [-0.15, -0.1) is 11.3 Å². The van der Waals surface area contributed by atoms with E-state index in [9.17, 15) is 8.42 Å². The Morgan fingerprint density at radius 3 is 2.60 bits per heavy atom. The second-order valence-electron chi connectivity index (χ2n) is 4.65. The smallest absolute Gasteiger partial charge is 0.244 e. The zero-order chi connectivity index (χ0) is 14.9. The highest BCUT2D eigenvalue weighted by molar-refractivity contribution is 7.89. The summed E-state index contributed by atoms with van der Waals surface area (Å²) >= 11 is 1.38. The Bertz CT molecular complexity index is 701. The van der Waals surface area contributed by atoms with Crippen LogP contribution in [0.1, 0.15) is 22.0 Å². The van der Waals surface area contributed by atoms with Gasteiger partial charge in [0.25, 0.3) is 0 Å². The zero-order valence-electron chi connectivity index (χ0n) is 11.7. The average molecular weight is 314 g/mol. The molecule has 0 bridgehead atoms. The van der Waals surface area contributed by atoms with E-state index in [4.69, 9.17) is 10.2 Å². The van der Waals surface area contributed by atoms with Gasteiger partial charge >= 0.3 is 0 Å². The molecule has 20 heavy (non-hydrogen) atoms. The number of thiophene rings is 1. The van der Waals surface area contributed by atoms with Crippen LogP contribution in [0.5, 0.6) is 0 Å². The molecule has 2 aromatic heterocycles. The lowest BCUT2D eigenvalue weighted by molar-refractivity contribution is 0.397. The minimum absolute atomic E-state index is 0.204. The van der Waals surface area contributed by atoms with Crippen molar-refractivity contribution in [3.63, 3.8) is 0 Å². The third-order valence-corrected chi connectivity index (χ3v) is 6.31. The number of rotatable bonds is 5. The molecule has 0 unspecified atom stereocenters. The minimum Gasteiger partial charge on any atom is -0.465 e. The van der Waals surface area contributed by atoms with Crippen molar-refractivity contribution in [2.75, 3.05) is 7.05 Å². The highest BCUT2D eigenvalue weighted by Gasteiger charge is 2.27. The van der Waals surface area contributed by atoms with Gasteiger partial charge in [-0.05, 0) is 36.9 Å². The van der Waals surface area contributed by atoms with Crippen molar-refractivity contribution >= 4 is 21.4 Å². The second kappa shape index (κ2) is 5.69.